The van der Waals surface area contributed by atoms with Gasteiger partial charge in [-0.05, 0) is 0 Å². The van der Waals surface area contributed by atoms with Crippen molar-refractivity contribution in [3.63, 3.8) is 0 Å². The minimum Gasteiger partial charge on any atom is -0.480 e. The first-order valence-electron chi connectivity index (χ1n) is 5.80. The van der Waals surface area contributed by atoms with E-state index in [0.717, 1.165) is 10.6 Å². The number of hydrogen-bond acceptors (Lipinski definition) is 4. The monoisotopic (exact) mass is 278 g/mol. The maximum atomic E-state index is 12.0. The van der Waals surface area contributed by atoms with Gasteiger partial charge >= 0.3 is 5.97 Å². The van der Waals surface area contributed by atoms with Gasteiger partial charge in [-0.2, -0.15) is 0 Å². The Balaban J connectivity index is 2.06. The second-order valence-corrected chi connectivity index (χ2v) is 5.22. The molecule has 0 spiro atoms. The number of thioether (sulfide) groups is 1. The normalized spacial score (nSPS) is 17.9. The maximum Gasteiger partial charge on any atom is 0.323 e. The Hall–Kier alpha value is -1.82. The van der Waals surface area contributed by atoms with Crippen molar-refractivity contribution in [2.75, 3.05) is 19.3 Å². The smallest absolute Gasteiger partial charge is 0.323 e. The predicted molar refractivity (Wildman–Crippen MR) is 74.5 cm³/mol. The van der Waals surface area contributed by atoms with Crippen molar-refractivity contribution in [3.8, 4) is 0 Å². The molecule has 0 fully saturated rings. The molecule has 2 rings (SSSR count). The summed E-state index contributed by atoms with van der Waals surface area (Å²) >= 11 is 1.52. The molecule has 100 valence electrons. The Morgan fingerprint density at radius 3 is 2.74 bits per heavy atom. The van der Waals surface area contributed by atoms with E-state index < -0.39 is 12.0 Å². The van der Waals surface area contributed by atoms with Crippen LogP contribution in [-0.4, -0.2) is 52.3 Å². The number of aliphatic carboxylic acids is 1. The molecular formula is C13H14N2O3S. The van der Waals surface area contributed by atoms with Crippen LogP contribution in [0.4, 0.5) is 0 Å². The SMILES string of the molecule is CN(CC(=O)O)C(=O)C1CSC(c2ccccc2)=N1. The zero-order valence-corrected chi connectivity index (χ0v) is 11.3. The lowest BCUT2D eigenvalue weighted by molar-refractivity contribution is -0.143. The Kier molecular flexibility index (Phi) is 4.21. The largest absolute Gasteiger partial charge is 0.480 e. The lowest BCUT2D eigenvalue weighted by Crippen LogP contribution is -2.38. The first-order valence-corrected chi connectivity index (χ1v) is 6.79. The Morgan fingerprint density at radius 2 is 2.11 bits per heavy atom. The molecule has 6 heteroatoms. The van der Waals surface area contributed by atoms with Crippen LogP contribution >= 0.6 is 11.8 Å². The number of amides is 1. The van der Waals surface area contributed by atoms with E-state index >= 15 is 0 Å². The van der Waals surface area contributed by atoms with E-state index in [2.05, 4.69) is 4.99 Å². The molecule has 0 aliphatic carbocycles. The highest BCUT2D eigenvalue weighted by molar-refractivity contribution is 8.14. The van der Waals surface area contributed by atoms with E-state index in [9.17, 15) is 9.59 Å². The summed E-state index contributed by atoms with van der Waals surface area (Å²) in [6.45, 7) is -0.295. The highest BCUT2D eigenvalue weighted by Gasteiger charge is 2.28. The number of carbonyl (C=O) groups is 2. The minimum atomic E-state index is -1.02. The Labute approximate surface area is 115 Å². The molecule has 1 atom stereocenters. The second kappa shape index (κ2) is 5.88. The standard InChI is InChI=1S/C13H14N2O3S/c1-15(7-11(16)17)13(18)10-8-19-12(14-10)9-5-3-2-4-6-9/h2-6,10H,7-8H2,1H3,(H,16,17). The topological polar surface area (TPSA) is 70.0 Å². The summed E-state index contributed by atoms with van der Waals surface area (Å²) in [5, 5.41) is 9.51. The third kappa shape index (κ3) is 3.35. The average Bonchev–Trinajstić information content (AvgIpc) is 2.87. The molecule has 1 heterocycles. The van der Waals surface area contributed by atoms with E-state index in [0.29, 0.717) is 5.75 Å². The van der Waals surface area contributed by atoms with Gasteiger partial charge < -0.3 is 10.0 Å². The summed E-state index contributed by atoms with van der Waals surface area (Å²) in [6.07, 6.45) is 0. The van der Waals surface area contributed by atoms with Gasteiger partial charge in [-0.3, -0.25) is 14.6 Å². The average molecular weight is 278 g/mol. The molecule has 1 N–H and O–H groups in total. The number of carbonyl (C=O) groups excluding carboxylic acids is 1. The number of carboxylic acid groups (broad SMARTS) is 1. The highest BCUT2D eigenvalue weighted by atomic mass is 32.2. The van der Waals surface area contributed by atoms with Crippen LogP contribution in [0.1, 0.15) is 5.56 Å². The van der Waals surface area contributed by atoms with Gasteiger partial charge in [0.1, 0.15) is 12.6 Å². The van der Waals surface area contributed by atoms with Gasteiger partial charge in [0.05, 0.1) is 5.04 Å². The lowest BCUT2D eigenvalue weighted by atomic mass is 10.2. The zero-order valence-electron chi connectivity index (χ0n) is 10.4. The van der Waals surface area contributed by atoms with Gasteiger partial charge in [0.2, 0.25) is 5.91 Å². The fourth-order valence-electron chi connectivity index (χ4n) is 1.77. The van der Waals surface area contributed by atoms with Crippen molar-refractivity contribution >= 4 is 28.7 Å². The number of hydrogen-bond donors (Lipinski definition) is 1. The summed E-state index contributed by atoms with van der Waals surface area (Å²) < 4.78 is 0. The van der Waals surface area contributed by atoms with Gasteiger partial charge in [-0.1, -0.05) is 30.3 Å². The van der Waals surface area contributed by atoms with Crippen molar-refractivity contribution in [2.24, 2.45) is 4.99 Å². The van der Waals surface area contributed by atoms with E-state index in [1.165, 1.54) is 23.7 Å². The quantitative estimate of drug-likeness (QED) is 0.895. The molecule has 0 saturated carbocycles. The van der Waals surface area contributed by atoms with Crippen LogP contribution in [0, 0.1) is 0 Å². The van der Waals surface area contributed by atoms with Crippen LogP contribution in [0.2, 0.25) is 0 Å². The molecular weight excluding hydrogens is 264 g/mol. The molecule has 5 nitrogen and oxygen atoms in total. The first-order chi connectivity index (χ1) is 9.08. The van der Waals surface area contributed by atoms with E-state index in [4.69, 9.17) is 5.11 Å². The van der Waals surface area contributed by atoms with Crippen molar-refractivity contribution in [1.29, 1.82) is 0 Å². The minimum absolute atomic E-state index is 0.249. The third-order valence-electron chi connectivity index (χ3n) is 2.71. The first kappa shape index (κ1) is 13.6. The van der Waals surface area contributed by atoms with Crippen molar-refractivity contribution < 1.29 is 14.7 Å². The highest BCUT2D eigenvalue weighted by Crippen LogP contribution is 2.24. The molecule has 1 aliphatic rings. The summed E-state index contributed by atoms with van der Waals surface area (Å²) in [7, 11) is 1.48. The van der Waals surface area contributed by atoms with E-state index in [1.807, 2.05) is 30.3 Å². The Bertz CT molecular complexity index is 516. The number of likely N-dealkylation sites (N-methyl/N-ethyl adjacent to an activating group) is 1. The molecule has 1 aromatic carbocycles. The summed E-state index contributed by atoms with van der Waals surface area (Å²) in [5.41, 5.74) is 0.990. The molecule has 1 aromatic rings. The van der Waals surface area contributed by atoms with Crippen molar-refractivity contribution in [3.05, 3.63) is 35.9 Å². The van der Waals surface area contributed by atoms with Crippen molar-refractivity contribution in [2.45, 2.75) is 6.04 Å². The molecule has 0 radical (unpaired) electrons. The summed E-state index contributed by atoms with van der Waals surface area (Å²) in [4.78, 5) is 28.2. The Morgan fingerprint density at radius 1 is 1.42 bits per heavy atom. The molecule has 0 aromatic heterocycles. The number of rotatable bonds is 4. The second-order valence-electron chi connectivity index (χ2n) is 4.22. The van der Waals surface area contributed by atoms with Gasteiger partial charge in [0, 0.05) is 18.4 Å². The molecule has 0 bridgehead atoms. The van der Waals surface area contributed by atoms with Crippen LogP contribution in [0.5, 0.6) is 0 Å². The summed E-state index contributed by atoms with van der Waals surface area (Å²) in [6, 6.07) is 9.17. The maximum absolute atomic E-state index is 12.0. The number of benzene rings is 1. The summed E-state index contributed by atoms with van der Waals surface area (Å²) in [5.74, 6) is -0.706. The van der Waals surface area contributed by atoms with Gasteiger partial charge in [-0.15, -0.1) is 11.8 Å². The van der Waals surface area contributed by atoms with E-state index in [-0.39, 0.29) is 12.5 Å². The fraction of sp³-hybridized carbons (Fsp3) is 0.308. The van der Waals surface area contributed by atoms with E-state index in [1.54, 1.807) is 0 Å². The van der Waals surface area contributed by atoms with Crippen LogP contribution in [-0.2, 0) is 9.59 Å². The fourth-order valence-corrected chi connectivity index (χ4v) is 2.81. The number of aliphatic imine (C=N–C) groups is 1. The van der Waals surface area contributed by atoms with Crippen molar-refractivity contribution in [1.82, 2.24) is 4.90 Å². The number of nitrogens with zero attached hydrogens (tertiary/aromatic N) is 2. The van der Waals surface area contributed by atoms with Crippen LogP contribution in [0.25, 0.3) is 0 Å². The van der Waals surface area contributed by atoms with Crippen LogP contribution < -0.4 is 0 Å². The molecule has 0 saturated heterocycles. The predicted octanol–water partition coefficient (Wildman–Crippen LogP) is 1.09. The van der Waals surface area contributed by atoms with Gasteiger partial charge in [0.15, 0.2) is 0 Å². The lowest BCUT2D eigenvalue weighted by Gasteiger charge is -2.16. The molecule has 1 aliphatic heterocycles. The molecule has 19 heavy (non-hydrogen) atoms. The van der Waals surface area contributed by atoms with Crippen LogP contribution in [0.3, 0.4) is 0 Å². The van der Waals surface area contributed by atoms with Crippen LogP contribution in [0.15, 0.2) is 35.3 Å². The zero-order chi connectivity index (χ0) is 13.8. The molecule has 1 unspecified atom stereocenters. The molecule has 1 amide bonds. The third-order valence-corrected chi connectivity index (χ3v) is 3.80. The van der Waals surface area contributed by atoms with Gasteiger partial charge in [0.25, 0.3) is 0 Å². The number of carboxylic acids is 1. The van der Waals surface area contributed by atoms with Gasteiger partial charge in [-0.25, -0.2) is 0 Å².